The molecule has 0 fully saturated rings. The molecule has 0 aliphatic carbocycles. The van der Waals surface area contributed by atoms with Crippen LogP contribution in [0.1, 0.15) is 20.3 Å². The SMILES string of the molecule is CC(C)C/C=C\SN. The average molecular weight is 131 g/mol. The summed E-state index contributed by atoms with van der Waals surface area (Å²) in [7, 11) is 0. The highest BCUT2D eigenvalue weighted by Gasteiger charge is 1.84. The van der Waals surface area contributed by atoms with Gasteiger partial charge in [0.05, 0.1) is 0 Å². The Morgan fingerprint density at radius 1 is 1.62 bits per heavy atom. The average Bonchev–Trinajstić information content (AvgIpc) is 1.66. The minimum absolute atomic E-state index is 0.749. The third-order valence-electron chi connectivity index (χ3n) is 0.782. The largest absolute Gasteiger partial charge is 0.274 e. The molecule has 0 saturated carbocycles. The molecule has 0 amide bonds. The summed E-state index contributed by atoms with van der Waals surface area (Å²) in [6.45, 7) is 4.37. The zero-order valence-electron chi connectivity index (χ0n) is 5.42. The molecule has 0 aromatic rings. The molecule has 0 radical (unpaired) electrons. The van der Waals surface area contributed by atoms with Crippen molar-refractivity contribution < 1.29 is 0 Å². The van der Waals surface area contributed by atoms with Crippen LogP contribution in [0.25, 0.3) is 0 Å². The van der Waals surface area contributed by atoms with Gasteiger partial charge >= 0.3 is 0 Å². The van der Waals surface area contributed by atoms with Crippen LogP contribution >= 0.6 is 11.9 Å². The summed E-state index contributed by atoms with van der Waals surface area (Å²) in [6, 6.07) is 0. The van der Waals surface area contributed by atoms with Crippen molar-refractivity contribution in [1.29, 1.82) is 0 Å². The second-order valence-electron chi connectivity index (χ2n) is 2.14. The van der Waals surface area contributed by atoms with Crippen LogP contribution in [-0.4, -0.2) is 0 Å². The van der Waals surface area contributed by atoms with E-state index in [9.17, 15) is 0 Å². The summed E-state index contributed by atoms with van der Waals surface area (Å²) in [5.41, 5.74) is 0. The summed E-state index contributed by atoms with van der Waals surface area (Å²) in [6.07, 6.45) is 3.22. The van der Waals surface area contributed by atoms with Crippen molar-refractivity contribution in [3.8, 4) is 0 Å². The lowest BCUT2D eigenvalue weighted by atomic mass is 10.1. The van der Waals surface area contributed by atoms with Gasteiger partial charge in [0.2, 0.25) is 0 Å². The number of allylic oxidation sites excluding steroid dienone is 1. The Kier molecular flexibility index (Phi) is 5.22. The first-order valence-electron chi connectivity index (χ1n) is 2.78. The maximum atomic E-state index is 5.14. The number of hydrogen-bond acceptors (Lipinski definition) is 2. The molecule has 48 valence electrons. The van der Waals surface area contributed by atoms with Crippen LogP contribution in [-0.2, 0) is 0 Å². The molecule has 0 atom stereocenters. The van der Waals surface area contributed by atoms with Crippen LogP contribution in [0, 0.1) is 5.92 Å². The summed E-state index contributed by atoms with van der Waals surface area (Å²) < 4.78 is 0. The summed E-state index contributed by atoms with van der Waals surface area (Å²) in [5.74, 6) is 0.749. The van der Waals surface area contributed by atoms with Gasteiger partial charge in [0.15, 0.2) is 0 Å². The fraction of sp³-hybridized carbons (Fsp3) is 0.667. The van der Waals surface area contributed by atoms with Crippen molar-refractivity contribution in [1.82, 2.24) is 0 Å². The Labute approximate surface area is 55.5 Å². The van der Waals surface area contributed by atoms with Gasteiger partial charge in [-0.25, -0.2) is 0 Å². The first kappa shape index (κ1) is 8.05. The molecule has 0 aliphatic rings. The number of rotatable bonds is 3. The highest BCUT2D eigenvalue weighted by Crippen LogP contribution is 2.01. The lowest BCUT2D eigenvalue weighted by Crippen LogP contribution is -1.80. The molecule has 0 aromatic carbocycles. The van der Waals surface area contributed by atoms with E-state index in [1.807, 2.05) is 5.41 Å². The summed E-state index contributed by atoms with van der Waals surface area (Å²) in [4.78, 5) is 0. The molecule has 0 rings (SSSR count). The van der Waals surface area contributed by atoms with Gasteiger partial charge in [-0.15, -0.1) is 0 Å². The van der Waals surface area contributed by atoms with Crippen LogP contribution in [0.15, 0.2) is 11.5 Å². The van der Waals surface area contributed by atoms with E-state index in [0.29, 0.717) is 0 Å². The van der Waals surface area contributed by atoms with Crippen LogP contribution in [0.3, 0.4) is 0 Å². The molecular formula is C6H13NS. The van der Waals surface area contributed by atoms with Gasteiger partial charge in [-0.05, 0) is 17.7 Å². The molecular weight excluding hydrogens is 118 g/mol. The second kappa shape index (κ2) is 5.19. The van der Waals surface area contributed by atoms with Gasteiger partial charge in [-0.2, -0.15) is 0 Å². The highest BCUT2D eigenvalue weighted by molar-refractivity contribution is 7.99. The molecule has 0 aliphatic heterocycles. The molecule has 0 bridgehead atoms. The van der Waals surface area contributed by atoms with Crippen LogP contribution in [0.2, 0.25) is 0 Å². The molecule has 0 unspecified atom stereocenters. The molecule has 0 spiro atoms. The first-order valence-corrected chi connectivity index (χ1v) is 3.72. The zero-order valence-corrected chi connectivity index (χ0v) is 6.24. The highest BCUT2D eigenvalue weighted by atomic mass is 32.2. The molecule has 2 N–H and O–H groups in total. The number of hydrogen-bond donors (Lipinski definition) is 1. The van der Waals surface area contributed by atoms with E-state index < -0.39 is 0 Å². The molecule has 0 heterocycles. The molecule has 0 aromatic heterocycles. The molecule has 0 saturated heterocycles. The molecule has 8 heavy (non-hydrogen) atoms. The van der Waals surface area contributed by atoms with Crippen LogP contribution in [0.4, 0.5) is 0 Å². The lowest BCUT2D eigenvalue weighted by molar-refractivity contribution is 0.664. The van der Waals surface area contributed by atoms with E-state index in [1.54, 1.807) is 0 Å². The fourth-order valence-corrected chi connectivity index (χ4v) is 0.605. The Hall–Kier alpha value is 0.0500. The van der Waals surface area contributed by atoms with Crippen LogP contribution in [0.5, 0.6) is 0 Å². The maximum absolute atomic E-state index is 5.14. The topological polar surface area (TPSA) is 26.0 Å². The van der Waals surface area contributed by atoms with Gasteiger partial charge < -0.3 is 0 Å². The van der Waals surface area contributed by atoms with Crippen molar-refractivity contribution in [3.05, 3.63) is 11.5 Å². The van der Waals surface area contributed by atoms with E-state index >= 15 is 0 Å². The second-order valence-corrected chi connectivity index (χ2v) is 2.68. The standard InChI is InChI=1S/C6H13NS/c1-6(2)4-3-5-8-7/h3,5-6H,4,7H2,1-2H3/b5-3-. The third-order valence-corrected chi connectivity index (χ3v) is 1.13. The van der Waals surface area contributed by atoms with Gasteiger partial charge in [-0.1, -0.05) is 31.9 Å². The van der Waals surface area contributed by atoms with Gasteiger partial charge in [0.1, 0.15) is 0 Å². The Bertz CT molecular complexity index is 68.9. The van der Waals surface area contributed by atoms with E-state index in [1.165, 1.54) is 11.9 Å². The first-order chi connectivity index (χ1) is 3.77. The summed E-state index contributed by atoms with van der Waals surface area (Å²) >= 11 is 1.26. The van der Waals surface area contributed by atoms with Crippen LogP contribution < -0.4 is 5.14 Å². The Morgan fingerprint density at radius 2 is 2.25 bits per heavy atom. The molecule has 1 nitrogen and oxygen atoms in total. The van der Waals surface area contributed by atoms with Crippen molar-refractivity contribution in [2.45, 2.75) is 20.3 Å². The zero-order chi connectivity index (χ0) is 6.41. The van der Waals surface area contributed by atoms with Gasteiger partial charge in [0.25, 0.3) is 0 Å². The molecule has 2 heteroatoms. The van der Waals surface area contributed by atoms with E-state index in [0.717, 1.165) is 12.3 Å². The normalized spacial score (nSPS) is 11.5. The van der Waals surface area contributed by atoms with E-state index in [4.69, 9.17) is 5.14 Å². The van der Waals surface area contributed by atoms with E-state index in [-0.39, 0.29) is 0 Å². The van der Waals surface area contributed by atoms with Crippen molar-refractivity contribution in [2.24, 2.45) is 11.1 Å². The van der Waals surface area contributed by atoms with Gasteiger partial charge in [0, 0.05) is 0 Å². The smallest absolute Gasteiger partial charge is 0.0178 e. The predicted molar refractivity (Wildman–Crippen MR) is 40.4 cm³/mol. The van der Waals surface area contributed by atoms with E-state index in [2.05, 4.69) is 19.9 Å². The number of nitrogens with two attached hydrogens (primary N) is 1. The Morgan fingerprint density at radius 3 is 2.62 bits per heavy atom. The van der Waals surface area contributed by atoms with Gasteiger partial charge in [-0.3, -0.25) is 5.14 Å². The Balaban J connectivity index is 3.03. The lowest BCUT2D eigenvalue weighted by Gasteiger charge is -1.94. The fourth-order valence-electron chi connectivity index (χ4n) is 0.383. The minimum Gasteiger partial charge on any atom is -0.274 e. The minimum atomic E-state index is 0.749. The quantitative estimate of drug-likeness (QED) is 0.594. The summed E-state index contributed by atoms with van der Waals surface area (Å²) in [5, 5.41) is 7.06. The monoisotopic (exact) mass is 131 g/mol. The third kappa shape index (κ3) is 6.05. The van der Waals surface area contributed by atoms with Crippen molar-refractivity contribution in [2.75, 3.05) is 0 Å². The van der Waals surface area contributed by atoms with Crippen molar-refractivity contribution in [3.63, 3.8) is 0 Å². The maximum Gasteiger partial charge on any atom is -0.0178 e. The van der Waals surface area contributed by atoms with Crippen molar-refractivity contribution >= 4 is 11.9 Å². The predicted octanol–water partition coefficient (Wildman–Crippen LogP) is 2.15.